The number of hydrogen-bond donors (Lipinski definition) is 4. The fourth-order valence-electron chi connectivity index (χ4n) is 3.00. The Hall–Kier alpha value is -3.07. The number of aliphatic hydroxyl groups is 2. The Morgan fingerprint density at radius 2 is 2.11 bits per heavy atom. The van der Waals surface area contributed by atoms with Crippen LogP contribution in [0.15, 0.2) is 60.2 Å². The van der Waals surface area contributed by atoms with Gasteiger partial charge in [-0.15, -0.1) is 11.3 Å². The third-order valence-corrected chi connectivity index (χ3v) is 5.31. The number of aromatic amines is 1. The van der Waals surface area contributed by atoms with Crippen molar-refractivity contribution in [1.29, 1.82) is 0 Å². The van der Waals surface area contributed by atoms with Crippen LogP contribution in [0.1, 0.15) is 22.0 Å². The number of pyridine rings is 1. The lowest BCUT2D eigenvalue weighted by Crippen LogP contribution is -2.42. The van der Waals surface area contributed by atoms with Crippen LogP contribution in [0.2, 0.25) is 0 Å². The van der Waals surface area contributed by atoms with Gasteiger partial charge in [0, 0.05) is 18.0 Å². The third kappa shape index (κ3) is 3.53. The van der Waals surface area contributed by atoms with E-state index in [0.29, 0.717) is 22.5 Å². The maximum absolute atomic E-state index is 12.9. The molecule has 7 nitrogen and oxygen atoms in total. The van der Waals surface area contributed by atoms with Crippen LogP contribution >= 0.6 is 11.3 Å². The summed E-state index contributed by atoms with van der Waals surface area (Å²) in [6, 6.07) is 11.7. The highest BCUT2D eigenvalue weighted by molar-refractivity contribution is 7.13. The van der Waals surface area contributed by atoms with Crippen LogP contribution in [-0.2, 0) is 0 Å². The van der Waals surface area contributed by atoms with Crippen LogP contribution in [0.25, 0.3) is 21.7 Å². The number of para-hydroxylation sites is 1. The van der Waals surface area contributed by atoms with Crippen molar-refractivity contribution in [2.24, 2.45) is 0 Å². The van der Waals surface area contributed by atoms with Gasteiger partial charge in [-0.2, -0.15) is 0 Å². The van der Waals surface area contributed by atoms with Crippen LogP contribution < -0.4 is 5.32 Å². The molecule has 3 heterocycles. The van der Waals surface area contributed by atoms with Crippen LogP contribution in [0, 0.1) is 0 Å². The van der Waals surface area contributed by atoms with Gasteiger partial charge in [0.15, 0.2) is 0 Å². The maximum atomic E-state index is 12.9. The van der Waals surface area contributed by atoms with E-state index in [9.17, 15) is 15.0 Å². The van der Waals surface area contributed by atoms with Crippen molar-refractivity contribution in [2.45, 2.75) is 12.1 Å². The molecule has 4 aromatic rings. The van der Waals surface area contributed by atoms with Crippen molar-refractivity contribution in [2.75, 3.05) is 6.61 Å². The quantitative estimate of drug-likeness (QED) is 0.402. The molecule has 0 saturated carbocycles. The molecule has 1 aromatic carbocycles. The molecule has 0 fully saturated rings. The lowest BCUT2D eigenvalue weighted by Gasteiger charge is -2.22. The van der Waals surface area contributed by atoms with Crippen molar-refractivity contribution in [1.82, 2.24) is 20.3 Å². The van der Waals surface area contributed by atoms with E-state index in [4.69, 9.17) is 0 Å². The Morgan fingerprint density at radius 3 is 2.82 bits per heavy atom. The van der Waals surface area contributed by atoms with Crippen LogP contribution in [-0.4, -0.2) is 43.7 Å². The van der Waals surface area contributed by atoms with Gasteiger partial charge in [-0.25, -0.2) is 4.98 Å². The van der Waals surface area contributed by atoms with E-state index in [0.717, 1.165) is 10.4 Å². The zero-order valence-corrected chi connectivity index (χ0v) is 15.6. The summed E-state index contributed by atoms with van der Waals surface area (Å²) in [5, 5.41) is 24.8. The molecule has 4 N–H and O–H groups in total. The van der Waals surface area contributed by atoms with Crippen molar-refractivity contribution >= 4 is 28.3 Å². The average Bonchev–Trinajstić information content (AvgIpc) is 3.41. The molecule has 8 heteroatoms. The van der Waals surface area contributed by atoms with Gasteiger partial charge in [0.2, 0.25) is 0 Å². The van der Waals surface area contributed by atoms with Gasteiger partial charge in [-0.05, 0) is 29.6 Å². The molecule has 0 aliphatic heterocycles. The van der Waals surface area contributed by atoms with E-state index >= 15 is 0 Å². The second kappa shape index (κ2) is 7.89. The molecular formula is C20H18N4O3S. The summed E-state index contributed by atoms with van der Waals surface area (Å²) in [5.74, 6) is 0.274. The number of imidazole rings is 1. The molecule has 0 saturated heterocycles. The normalized spacial score (nSPS) is 13.4. The van der Waals surface area contributed by atoms with Crippen LogP contribution in [0.3, 0.4) is 0 Å². The first-order valence-corrected chi connectivity index (χ1v) is 9.57. The fraction of sp³-hybridized carbons (Fsp3) is 0.150. The highest BCUT2D eigenvalue weighted by Crippen LogP contribution is 2.26. The van der Waals surface area contributed by atoms with Crippen LogP contribution in [0.4, 0.5) is 0 Å². The molecule has 0 aliphatic rings. The molecule has 1 amide bonds. The largest absolute Gasteiger partial charge is 0.394 e. The second-order valence-electron chi connectivity index (χ2n) is 6.26. The number of amides is 1. The monoisotopic (exact) mass is 394 g/mol. The molecule has 3 aromatic heterocycles. The minimum atomic E-state index is -1.08. The number of nitrogens with zero attached hydrogens (tertiary/aromatic N) is 2. The van der Waals surface area contributed by atoms with Crippen molar-refractivity contribution in [3.8, 4) is 10.7 Å². The van der Waals surface area contributed by atoms with Gasteiger partial charge in [0.05, 0.1) is 28.6 Å². The van der Waals surface area contributed by atoms with Crippen molar-refractivity contribution in [3.05, 3.63) is 71.4 Å². The predicted molar refractivity (Wildman–Crippen MR) is 107 cm³/mol. The molecule has 2 atom stereocenters. The molecule has 2 unspecified atom stereocenters. The molecule has 28 heavy (non-hydrogen) atoms. The minimum Gasteiger partial charge on any atom is -0.394 e. The van der Waals surface area contributed by atoms with E-state index in [1.165, 1.54) is 6.20 Å². The molecule has 4 rings (SSSR count). The first kappa shape index (κ1) is 18.3. The van der Waals surface area contributed by atoms with E-state index in [2.05, 4.69) is 20.3 Å². The van der Waals surface area contributed by atoms with E-state index < -0.39 is 24.7 Å². The van der Waals surface area contributed by atoms with Crippen molar-refractivity contribution in [3.63, 3.8) is 0 Å². The summed E-state index contributed by atoms with van der Waals surface area (Å²) in [5.41, 5.74) is 2.16. The molecule has 142 valence electrons. The Balaban J connectivity index is 1.61. The number of carbonyl (C=O) groups excluding carboxylic acids is 1. The average molecular weight is 394 g/mol. The standard InChI is InChI=1S/C20H18N4O3S/c25-11-15(18(26)12-4-2-8-21-10-12)23-20(27)13-5-1-6-14-17(13)24-19(22-14)16-7-3-9-28-16/h1-10,15,18,25-26H,11H2,(H,22,24)(H,23,27). The summed E-state index contributed by atoms with van der Waals surface area (Å²) in [6.07, 6.45) is 2.01. The number of aliphatic hydroxyl groups excluding tert-OH is 2. The SMILES string of the molecule is O=C(NC(CO)C(O)c1cccnc1)c1cccc2[nH]c(-c3cccs3)nc12. The number of rotatable bonds is 6. The van der Waals surface area contributed by atoms with Gasteiger partial charge < -0.3 is 20.5 Å². The van der Waals surface area contributed by atoms with E-state index in [-0.39, 0.29) is 0 Å². The molecular weight excluding hydrogens is 376 g/mol. The summed E-state index contributed by atoms with van der Waals surface area (Å²) >= 11 is 1.55. The lowest BCUT2D eigenvalue weighted by atomic mass is 10.0. The number of aromatic nitrogens is 3. The van der Waals surface area contributed by atoms with Crippen molar-refractivity contribution < 1.29 is 15.0 Å². The number of H-pyrrole nitrogens is 1. The lowest BCUT2D eigenvalue weighted by molar-refractivity contribution is 0.0703. The van der Waals surface area contributed by atoms with E-state index in [1.807, 2.05) is 23.6 Å². The van der Waals surface area contributed by atoms with Gasteiger partial charge in [-0.1, -0.05) is 18.2 Å². The zero-order valence-electron chi connectivity index (χ0n) is 14.7. The Kier molecular flexibility index (Phi) is 5.16. The first-order valence-electron chi connectivity index (χ1n) is 8.69. The fourth-order valence-corrected chi connectivity index (χ4v) is 3.67. The predicted octanol–water partition coefficient (Wildman–Crippen LogP) is 2.51. The number of nitrogens with one attached hydrogen (secondary N) is 2. The zero-order chi connectivity index (χ0) is 19.5. The number of benzene rings is 1. The second-order valence-corrected chi connectivity index (χ2v) is 7.21. The smallest absolute Gasteiger partial charge is 0.253 e. The molecule has 0 aliphatic carbocycles. The molecule has 0 spiro atoms. The summed E-state index contributed by atoms with van der Waals surface area (Å²) in [7, 11) is 0. The number of thiophene rings is 1. The maximum Gasteiger partial charge on any atom is 0.253 e. The summed E-state index contributed by atoms with van der Waals surface area (Å²) in [4.78, 5) is 25.6. The van der Waals surface area contributed by atoms with Gasteiger partial charge in [-0.3, -0.25) is 9.78 Å². The molecule has 0 radical (unpaired) electrons. The first-order chi connectivity index (χ1) is 13.7. The summed E-state index contributed by atoms with van der Waals surface area (Å²) in [6.45, 7) is -0.418. The third-order valence-electron chi connectivity index (χ3n) is 4.43. The highest BCUT2D eigenvalue weighted by atomic mass is 32.1. The molecule has 0 bridgehead atoms. The van der Waals surface area contributed by atoms with E-state index in [1.54, 1.807) is 41.8 Å². The Morgan fingerprint density at radius 1 is 1.21 bits per heavy atom. The highest BCUT2D eigenvalue weighted by Gasteiger charge is 2.24. The Labute approximate surface area is 164 Å². The number of hydrogen-bond acceptors (Lipinski definition) is 6. The minimum absolute atomic E-state index is 0.369. The number of fused-ring (bicyclic) bond motifs is 1. The number of carbonyl (C=O) groups is 1. The summed E-state index contributed by atoms with van der Waals surface area (Å²) < 4.78 is 0. The topological polar surface area (TPSA) is 111 Å². The Bertz CT molecular complexity index is 1080. The van der Waals surface area contributed by atoms with Gasteiger partial charge in [0.25, 0.3) is 5.91 Å². The van der Waals surface area contributed by atoms with Gasteiger partial charge >= 0.3 is 0 Å². The van der Waals surface area contributed by atoms with Crippen LogP contribution in [0.5, 0.6) is 0 Å². The van der Waals surface area contributed by atoms with Gasteiger partial charge in [0.1, 0.15) is 17.4 Å².